The van der Waals surface area contributed by atoms with E-state index >= 15 is 0 Å². The molecule has 0 aromatic heterocycles. The molecule has 0 spiro atoms. The second-order valence-electron chi connectivity index (χ2n) is 2.83. The van der Waals surface area contributed by atoms with Crippen LogP contribution < -0.4 is 0 Å². The van der Waals surface area contributed by atoms with E-state index in [1.807, 2.05) is 26.0 Å². The highest BCUT2D eigenvalue weighted by molar-refractivity contribution is 4.82. The predicted molar refractivity (Wildman–Crippen MR) is 50.2 cm³/mol. The fraction of sp³-hybridized carbons (Fsp3) is 0.600. The van der Waals surface area contributed by atoms with E-state index in [2.05, 4.69) is 0 Å². The molecular weight excluding hydrogens is 168 g/mol. The quantitative estimate of drug-likeness (QED) is 0.624. The lowest BCUT2D eigenvalue weighted by Crippen LogP contribution is -2.26. The minimum atomic E-state index is 0.0207. The molecule has 3 nitrogen and oxygen atoms in total. The van der Waals surface area contributed by atoms with Gasteiger partial charge in [-0.2, -0.15) is 0 Å². The molecule has 1 aliphatic heterocycles. The van der Waals surface area contributed by atoms with Crippen molar-refractivity contribution in [1.82, 2.24) is 0 Å². The van der Waals surface area contributed by atoms with Crippen LogP contribution in [0.2, 0.25) is 0 Å². The molecule has 2 unspecified atom stereocenters. The van der Waals surface area contributed by atoms with Gasteiger partial charge in [0.05, 0.1) is 25.7 Å². The normalized spacial score (nSPS) is 28.8. The summed E-state index contributed by atoms with van der Waals surface area (Å²) in [5.41, 5.74) is 0. The van der Waals surface area contributed by atoms with Crippen molar-refractivity contribution in [1.29, 1.82) is 0 Å². The van der Waals surface area contributed by atoms with Crippen molar-refractivity contribution in [3.8, 4) is 0 Å². The minimum absolute atomic E-state index is 0.0207. The molecular formula is C10H16O3. The summed E-state index contributed by atoms with van der Waals surface area (Å²) in [5, 5.41) is 0. The van der Waals surface area contributed by atoms with Crippen LogP contribution in [0.15, 0.2) is 24.7 Å². The van der Waals surface area contributed by atoms with Crippen LogP contribution in [-0.2, 0) is 14.2 Å². The van der Waals surface area contributed by atoms with Crippen molar-refractivity contribution in [2.45, 2.75) is 26.1 Å². The van der Waals surface area contributed by atoms with Crippen molar-refractivity contribution in [3.63, 3.8) is 0 Å². The van der Waals surface area contributed by atoms with Gasteiger partial charge in [-0.3, -0.25) is 0 Å². The number of allylic oxidation sites excluding steroid dienone is 2. The van der Waals surface area contributed by atoms with E-state index in [9.17, 15) is 0 Å². The maximum Gasteiger partial charge on any atom is 0.160 e. The number of hydrogen-bond donors (Lipinski definition) is 0. The maximum absolute atomic E-state index is 5.40. The molecule has 1 fully saturated rings. The number of ether oxygens (including phenoxy) is 3. The molecule has 0 radical (unpaired) electrons. The molecule has 0 N–H and O–H groups in total. The second kappa shape index (κ2) is 5.65. The molecule has 0 aliphatic carbocycles. The van der Waals surface area contributed by atoms with E-state index in [0.29, 0.717) is 13.2 Å². The van der Waals surface area contributed by atoms with E-state index in [-0.39, 0.29) is 12.2 Å². The third kappa shape index (κ3) is 3.11. The highest BCUT2D eigenvalue weighted by Crippen LogP contribution is 2.14. The SMILES string of the molecule is CC=COC1COCC1OC=CC. The van der Waals surface area contributed by atoms with E-state index in [1.54, 1.807) is 12.5 Å². The van der Waals surface area contributed by atoms with Crippen LogP contribution in [0.4, 0.5) is 0 Å². The third-order valence-electron chi connectivity index (χ3n) is 1.76. The predicted octanol–water partition coefficient (Wildman–Crippen LogP) is 1.85. The fourth-order valence-corrected chi connectivity index (χ4v) is 1.13. The van der Waals surface area contributed by atoms with Gasteiger partial charge in [0.15, 0.2) is 12.2 Å². The van der Waals surface area contributed by atoms with Crippen LogP contribution in [0, 0.1) is 0 Å². The minimum Gasteiger partial charge on any atom is -0.492 e. The summed E-state index contributed by atoms with van der Waals surface area (Å²) in [7, 11) is 0. The molecule has 0 bridgehead atoms. The highest BCUT2D eigenvalue weighted by atomic mass is 16.6. The van der Waals surface area contributed by atoms with Crippen LogP contribution >= 0.6 is 0 Å². The van der Waals surface area contributed by atoms with E-state index in [4.69, 9.17) is 14.2 Å². The Kier molecular flexibility index (Phi) is 4.40. The lowest BCUT2D eigenvalue weighted by atomic mass is 10.2. The smallest absolute Gasteiger partial charge is 0.160 e. The molecule has 3 heteroatoms. The van der Waals surface area contributed by atoms with Gasteiger partial charge < -0.3 is 14.2 Å². The topological polar surface area (TPSA) is 27.7 Å². The molecule has 1 rings (SSSR count). The summed E-state index contributed by atoms with van der Waals surface area (Å²) in [6, 6.07) is 0. The Morgan fingerprint density at radius 3 is 1.85 bits per heavy atom. The van der Waals surface area contributed by atoms with E-state index < -0.39 is 0 Å². The van der Waals surface area contributed by atoms with Crippen molar-refractivity contribution < 1.29 is 14.2 Å². The van der Waals surface area contributed by atoms with Crippen LogP contribution in [0.25, 0.3) is 0 Å². The van der Waals surface area contributed by atoms with Gasteiger partial charge in [-0.25, -0.2) is 0 Å². The van der Waals surface area contributed by atoms with Crippen LogP contribution in [0.3, 0.4) is 0 Å². The Morgan fingerprint density at radius 1 is 1.00 bits per heavy atom. The Morgan fingerprint density at radius 2 is 1.46 bits per heavy atom. The molecule has 2 atom stereocenters. The van der Waals surface area contributed by atoms with Crippen molar-refractivity contribution in [2.75, 3.05) is 13.2 Å². The largest absolute Gasteiger partial charge is 0.492 e. The Bertz CT molecular complexity index is 167. The molecule has 74 valence electrons. The van der Waals surface area contributed by atoms with Gasteiger partial charge in [0.25, 0.3) is 0 Å². The average Bonchev–Trinajstić information content (AvgIpc) is 2.59. The first-order chi connectivity index (χ1) is 6.38. The van der Waals surface area contributed by atoms with Gasteiger partial charge >= 0.3 is 0 Å². The summed E-state index contributed by atoms with van der Waals surface area (Å²) < 4.78 is 16.0. The monoisotopic (exact) mass is 184 g/mol. The first-order valence-electron chi connectivity index (χ1n) is 4.49. The van der Waals surface area contributed by atoms with Gasteiger partial charge in [0.1, 0.15) is 0 Å². The van der Waals surface area contributed by atoms with Gasteiger partial charge in [-0.1, -0.05) is 12.2 Å². The summed E-state index contributed by atoms with van der Waals surface area (Å²) in [6.07, 6.45) is 7.09. The Balaban J connectivity index is 2.34. The van der Waals surface area contributed by atoms with Crippen LogP contribution in [-0.4, -0.2) is 25.4 Å². The van der Waals surface area contributed by atoms with E-state index in [0.717, 1.165) is 0 Å². The molecule has 1 aliphatic rings. The maximum atomic E-state index is 5.40. The fourth-order valence-electron chi connectivity index (χ4n) is 1.13. The molecule has 0 saturated carbocycles. The molecule has 0 amide bonds. The van der Waals surface area contributed by atoms with Crippen LogP contribution in [0.5, 0.6) is 0 Å². The van der Waals surface area contributed by atoms with E-state index in [1.165, 1.54) is 0 Å². The molecule has 0 aromatic carbocycles. The van der Waals surface area contributed by atoms with Gasteiger partial charge in [-0.15, -0.1) is 0 Å². The average molecular weight is 184 g/mol. The highest BCUT2D eigenvalue weighted by Gasteiger charge is 2.29. The van der Waals surface area contributed by atoms with Crippen molar-refractivity contribution in [2.24, 2.45) is 0 Å². The molecule has 13 heavy (non-hydrogen) atoms. The van der Waals surface area contributed by atoms with Crippen LogP contribution in [0.1, 0.15) is 13.8 Å². The molecule has 1 heterocycles. The van der Waals surface area contributed by atoms with Crippen molar-refractivity contribution >= 4 is 0 Å². The lowest BCUT2D eigenvalue weighted by Gasteiger charge is -2.16. The summed E-state index contributed by atoms with van der Waals surface area (Å²) >= 11 is 0. The third-order valence-corrected chi connectivity index (χ3v) is 1.76. The van der Waals surface area contributed by atoms with Gasteiger partial charge in [0, 0.05) is 0 Å². The zero-order valence-corrected chi connectivity index (χ0v) is 8.10. The Labute approximate surface area is 79.0 Å². The lowest BCUT2D eigenvalue weighted by molar-refractivity contribution is 0.0332. The summed E-state index contributed by atoms with van der Waals surface area (Å²) in [6.45, 7) is 5.04. The first kappa shape index (κ1) is 10.1. The van der Waals surface area contributed by atoms with Crippen molar-refractivity contribution in [3.05, 3.63) is 24.7 Å². The summed E-state index contributed by atoms with van der Waals surface area (Å²) in [5.74, 6) is 0. The summed E-state index contributed by atoms with van der Waals surface area (Å²) in [4.78, 5) is 0. The molecule has 0 aromatic rings. The number of hydrogen-bond acceptors (Lipinski definition) is 3. The zero-order chi connectivity index (χ0) is 9.52. The number of rotatable bonds is 4. The Hall–Kier alpha value is -0.960. The molecule has 1 saturated heterocycles. The standard InChI is InChI=1S/C10H16O3/c1-3-5-12-9-7-11-8-10(9)13-6-4-2/h3-6,9-10H,7-8H2,1-2H3. The van der Waals surface area contributed by atoms with Gasteiger partial charge in [-0.05, 0) is 13.8 Å². The first-order valence-corrected chi connectivity index (χ1v) is 4.49. The van der Waals surface area contributed by atoms with Gasteiger partial charge in [0.2, 0.25) is 0 Å². The zero-order valence-electron chi connectivity index (χ0n) is 8.10. The second-order valence-corrected chi connectivity index (χ2v) is 2.83.